The molecule has 1 aliphatic rings. The lowest BCUT2D eigenvalue weighted by molar-refractivity contribution is -0.114. The molecule has 0 spiro atoms. The molecule has 1 amide bonds. The van der Waals surface area contributed by atoms with Gasteiger partial charge in [0, 0.05) is 36.3 Å². The Kier molecular flexibility index (Phi) is 5.04. The number of thioether (sulfide) groups is 1. The van der Waals surface area contributed by atoms with E-state index >= 15 is 0 Å². The van der Waals surface area contributed by atoms with Gasteiger partial charge in [0.1, 0.15) is 0 Å². The van der Waals surface area contributed by atoms with Crippen molar-refractivity contribution in [2.75, 3.05) is 30.8 Å². The van der Waals surface area contributed by atoms with Crippen molar-refractivity contribution in [1.82, 2.24) is 5.32 Å². The van der Waals surface area contributed by atoms with E-state index in [4.69, 9.17) is 4.74 Å². The molecular formula is C13H18N2O2S. The molecule has 1 aliphatic heterocycles. The van der Waals surface area contributed by atoms with Crippen LogP contribution in [0.2, 0.25) is 0 Å². The molecule has 5 heteroatoms. The predicted molar refractivity (Wildman–Crippen MR) is 74.1 cm³/mol. The molecule has 1 saturated heterocycles. The number of hydrogen-bond donors (Lipinski definition) is 2. The minimum atomic E-state index is -0.0444. The van der Waals surface area contributed by atoms with Crippen LogP contribution in [0.15, 0.2) is 29.2 Å². The average Bonchev–Trinajstić information content (AvgIpc) is 2.38. The third-order valence-electron chi connectivity index (χ3n) is 2.61. The first-order valence-corrected chi connectivity index (χ1v) is 7.05. The van der Waals surface area contributed by atoms with Crippen molar-refractivity contribution in [2.45, 2.75) is 17.9 Å². The van der Waals surface area contributed by atoms with Gasteiger partial charge in [0.05, 0.1) is 12.7 Å². The van der Waals surface area contributed by atoms with Crippen LogP contribution in [0.3, 0.4) is 0 Å². The lowest BCUT2D eigenvalue weighted by Gasteiger charge is -2.23. The molecule has 0 aromatic heterocycles. The molecule has 1 atom stereocenters. The molecule has 0 bridgehead atoms. The highest BCUT2D eigenvalue weighted by Crippen LogP contribution is 2.22. The van der Waals surface area contributed by atoms with Crippen molar-refractivity contribution in [3.05, 3.63) is 24.3 Å². The van der Waals surface area contributed by atoms with Gasteiger partial charge >= 0.3 is 0 Å². The lowest BCUT2D eigenvalue weighted by atomic mass is 10.3. The van der Waals surface area contributed by atoms with Gasteiger partial charge in [-0.3, -0.25) is 4.79 Å². The number of nitrogens with one attached hydrogen (secondary N) is 2. The number of morpholine rings is 1. The van der Waals surface area contributed by atoms with Crippen molar-refractivity contribution in [1.29, 1.82) is 0 Å². The van der Waals surface area contributed by atoms with Crippen LogP contribution in [0, 0.1) is 0 Å². The van der Waals surface area contributed by atoms with Crippen LogP contribution in [0.25, 0.3) is 0 Å². The molecule has 2 rings (SSSR count). The van der Waals surface area contributed by atoms with E-state index in [1.165, 1.54) is 11.8 Å². The molecule has 1 aromatic rings. The minimum absolute atomic E-state index is 0.0444. The van der Waals surface area contributed by atoms with Crippen molar-refractivity contribution < 1.29 is 9.53 Å². The molecule has 1 unspecified atom stereocenters. The first kappa shape index (κ1) is 13.4. The summed E-state index contributed by atoms with van der Waals surface area (Å²) < 4.78 is 5.64. The number of carbonyl (C=O) groups is 1. The van der Waals surface area contributed by atoms with Crippen LogP contribution in [0.5, 0.6) is 0 Å². The number of benzene rings is 1. The summed E-state index contributed by atoms with van der Waals surface area (Å²) in [6.45, 7) is 4.19. The van der Waals surface area contributed by atoms with E-state index in [2.05, 4.69) is 10.6 Å². The number of rotatable bonds is 4. The van der Waals surface area contributed by atoms with Gasteiger partial charge in [-0.15, -0.1) is 11.8 Å². The zero-order valence-corrected chi connectivity index (χ0v) is 11.3. The van der Waals surface area contributed by atoms with Gasteiger partial charge in [0.2, 0.25) is 5.91 Å². The molecule has 1 fully saturated rings. The van der Waals surface area contributed by atoms with Crippen molar-refractivity contribution >= 4 is 23.4 Å². The Balaban J connectivity index is 1.80. The van der Waals surface area contributed by atoms with Gasteiger partial charge in [0.15, 0.2) is 0 Å². The first-order valence-electron chi connectivity index (χ1n) is 6.07. The maximum Gasteiger partial charge on any atom is 0.221 e. The summed E-state index contributed by atoms with van der Waals surface area (Å²) in [6.07, 6.45) is 0.291. The van der Waals surface area contributed by atoms with Crippen molar-refractivity contribution in [3.63, 3.8) is 0 Å². The maximum atomic E-state index is 10.9. The van der Waals surface area contributed by atoms with E-state index in [-0.39, 0.29) is 5.91 Å². The van der Waals surface area contributed by atoms with E-state index in [0.717, 1.165) is 31.1 Å². The van der Waals surface area contributed by atoms with Crippen molar-refractivity contribution in [3.8, 4) is 0 Å². The molecule has 0 saturated carbocycles. The quantitative estimate of drug-likeness (QED) is 0.815. The largest absolute Gasteiger partial charge is 0.375 e. The fourth-order valence-electron chi connectivity index (χ4n) is 1.75. The molecular weight excluding hydrogens is 248 g/mol. The molecule has 4 nitrogen and oxygen atoms in total. The summed E-state index contributed by atoms with van der Waals surface area (Å²) in [5.41, 5.74) is 0.836. The summed E-state index contributed by atoms with van der Waals surface area (Å²) in [4.78, 5) is 12.1. The maximum absolute atomic E-state index is 10.9. The zero-order chi connectivity index (χ0) is 12.8. The number of carbonyl (C=O) groups excluding carboxylic acids is 1. The van der Waals surface area contributed by atoms with Crippen LogP contribution in [-0.4, -0.2) is 37.5 Å². The Hall–Kier alpha value is -1.04. The third kappa shape index (κ3) is 4.33. The number of anilines is 1. The zero-order valence-electron chi connectivity index (χ0n) is 10.4. The standard InChI is InChI=1S/C13H18N2O2S/c1-10(16)15-11-2-4-13(5-3-11)18-9-12-8-14-6-7-17-12/h2-5,12,14H,6-9H2,1H3,(H,15,16). The predicted octanol–water partition coefficient (Wildman–Crippen LogP) is 1.73. The summed E-state index contributed by atoms with van der Waals surface area (Å²) >= 11 is 1.78. The topological polar surface area (TPSA) is 50.4 Å². The Morgan fingerprint density at radius 3 is 2.89 bits per heavy atom. The van der Waals surface area contributed by atoms with Crippen molar-refractivity contribution in [2.24, 2.45) is 0 Å². The summed E-state index contributed by atoms with van der Waals surface area (Å²) in [7, 11) is 0. The summed E-state index contributed by atoms with van der Waals surface area (Å²) in [5, 5.41) is 6.07. The third-order valence-corrected chi connectivity index (χ3v) is 3.76. The van der Waals surface area contributed by atoms with E-state index in [1.54, 1.807) is 11.8 Å². The highest BCUT2D eigenvalue weighted by Gasteiger charge is 2.13. The smallest absolute Gasteiger partial charge is 0.221 e. The molecule has 1 aromatic carbocycles. The summed E-state index contributed by atoms with van der Waals surface area (Å²) in [5.74, 6) is 0.907. The van der Waals surface area contributed by atoms with Gasteiger partial charge in [-0.1, -0.05) is 0 Å². The molecule has 98 valence electrons. The fraction of sp³-hybridized carbons (Fsp3) is 0.462. The van der Waals surface area contributed by atoms with E-state index < -0.39 is 0 Å². The Bertz CT molecular complexity index is 388. The van der Waals surface area contributed by atoms with Gasteiger partial charge in [0.25, 0.3) is 0 Å². The van der Waals surface area contributed by atoms with E-state index in [9.17, 15) is 4.79 Å². The monoisotopic (exact) mass is 266 g/mol. The second-order valence-corrected chi connectivity index (χ2v) is 5.31. The SMILES string of the molecule is CC(=O)Nc1ccc(SCC2CNCCO2)cc1. The van der Waals surface area contributed by atoms with Gasteiger partial charge < -0.3 is 15.4 Å². The minimum Gasteiger partial charge on any atom is -0.375 e. The van der Waals surface area contributed by atoms with Crippen LogP contribution < -0.4 is 10.6 Å². The number of amides is 1. The van der Waals surface area contributed by atoms with Gasteiger partial charge in [-0.25, -0.2) is 0 Å². The molecule has 0 radical (unpaired) electrons. The fourth-order valence-corrected chi connectivity index (χ4v) is 2.67. The average molecular weight is 266 g/mol. The Labute approximate surface area is 111 Å². The van der Waals surface area contributed by atoms with E-state index in [1.807, 2.05) is 24.3 Å². The number of ether oxygens (including phenoxy) is 1. The van der Waals surface area contributed by atoms with Gasteiger partial charge in [-0.2, -0.15) is 0 Å². The lowest BCUT2D eigenvalue weighted by Crippen LogP contribution is -2.39. The molecule has 0 aliphatic carbocycles. The normalized spacial score (nSPS) is 19.5. The number of hydrogen-bond acceptors (Lipinski definition) is 4. The molecule has 1 heterocycles. The van der Waals surface area contributed by atoms with Crippen LogP contribution >= 0.6 is 11.8 Å². The highest BCUT2D eigenvalue weighted by molar-refractivity contribution is 7.99. The van der Waals surface area contributed by atoms with Crippen LogP contribution in [-0.2, 0) is 9.53 Å². The first-order chi connectivity index (χ1) is 8.74. The van der Waals surface area contributed by atoms with E-state index in [0.29, 0.717) is 6.10 Å². The van der Waals surface area contributed by atoms with Gasteiger partial charge in [-0.05, 0) is 24.3 Å². The molecule has 2 N–H and O–H groups in total. The Morgan fingerprint density at radius 2 is 2.28 bits per heavy atom. The van der Waals surface area contributed by atoms with Crippen LogP contribution in [0.1, 0.15) is 6.92 Å². The second-order valence-electron chi connectivity index (χ2n) is 4.21. The Morgan fingerprint density at radius 1 is 1.50 bits per heavy atom. The molecule has 18 heavy (non-hydrogen) atoms. The second kappa shape index (κ2) is 6.78. The highest BCUT2D eigenvalue weighted by atomic mass is 32.2. The summed E-state index contributed by atoms with van der Waals surface area (Å²) in [6, 6.07) is 7.88. The van der Waals surface area contributed by atoms with Crippen LogP contribution in [0.4, 0.5) is 5.69 Å².